The summed E-state index contributed by atoms with van der Waals surface area (Å²) in [6.45, 7) is 5.86. The fourth-order valence-corrected chi connectivity index (χ4v) is 2.99. The molecule has 0 spiro atoms. The molecule has 21 heavy (non-hydrogen) atoms. The predicted octanol–water partition coefficient (Wildman–Crippen LogP) is 2.78. The van der Waals surface area contributed by atoms with E-state index in [-0.39, 0.29) is 6.61 Å². The van der Waals surface area contributed by atoms with Crippen molar-refractivity contribution in [1.29, 1.82) is 0 Å². The van der Waals surface area contributed by atoms with Crippen molar-refractivity contribution in [3.05, 3.63) is 47.2 Å². The van der Waals surface area contributed by atoms with Crippen LogP contribution in [-0.4, -0.2) is 30.2 Å². The van der Waals surface area contributed by atoms with Crippen LogP contribution in [0.5, 0.6) is 0 Å². The number of hydrogen-bond donors (Lipinski definition) is 1. The Bertz CT molecular complexity index is 669. The minimum atomic E-state index is 0.0168. The second kappa shape index (κ2) is 5.37. The molecule has 1 aromatic carbocycles. The number of aliphatic hydroxyl groups excluding tert-OH is 1. The van der Waals surface area contributed by atoms with Crippen LogP contribution < -0.4 is 9.80 Å². The molecule has 4 heteroatoms. The first kappa shape index (κ1) is 13.9. The van der Waals surface area contributed by atoms with E-state index in [4.69, 9.17) is 4.98 Å². The lowest BCUT2D eigenvalue weighted by atomic mass is 10.1. The summed E-state index contributed by atoms with van der Waals surface area (Å²) >= 11 is 0. The van der Waals surface area contributed by atoms with Gasteiger partial charge in [-0.15, -0.1) is 0 Å². The fourth-order valence-electron chi connectivity index (χ4n) is 2.99. The number of likely N-dealkylation sites (N-methyl/N-ethyl adjacent to an activating group) is 1. The Morgan fingerprint density at radius 1 is 1.14 bits per heavy atom. The largest absolute Gasteiger partial charge is 0.392 e. The molecule has 1 N–H and O–H groups in total. The first-order valence-electron chi connectivity index (χ1n) is 7.27. The van der Waals surface area contributed by atoms with Crippen molar-refractivity contribution >= 4 is 17.2 Å². The molecule has 0 unspecified atom stereocenters. The SMILES string of the molecule is Cc1cc(C)c(CO)c(N2CCN(C)c3ccccc32)n1. The molecule has 3 rings (SSSR count). The molecule has 0 amide bonds. The topological polar surface area (TPSA) is 39.6 Å². The lowest BCUT2D eigenvalue weighted by Crippen LogP contribution is -2.37. The minimum absolute atomic E-state index is 0.0168. The fraction of sp³-hybridized carbons (Fsp3) is 0.353. The number of aryl methyl sites for hydroxylation is 2. The van der Waals surface area contributed by atoms with Gasteiger partial charge in [0.05, 0.1) is 18.0 Å². The van der Waals surface area contributed by atoms with Crippen molar-refractivity contribution in [2.75, 3.05) is 29.9 Å². The molecule has 4 nitrogen and oxygen atoms in total. The maximum atomic E-state index is 9.74. The molecule has 2 aromatic rings. The number of pyridine rings is 1. The van der Waals surface area contributed by atoms with Crippen LogP contribution in [0.4, 0.5) is 17.2 Å². The molecular formula is C17H21N3O. The Balaban J connectivity index is 2.16. The van der Waals surface area contributed by atoms with E-state index in [0.29, 0.717) is 0 Å². The Kier molecular flexibility index (Phi) is 3.55. The van der Waals surface area contributed by atoms with E-state index in [0.717, 1.165) is 41.4 Å². The summed E-state index contributed by atoms with van der Waals surface area (Å²) < 4.78 is 0. The smallest absolute Gasteiger partial charge is 0.139 e. The molecule has 0 aliphatic carbocycles. The van der Waals surface area contributed by atoms with Gasteiger partial charge in [0.15, 0.2) is 0 Å². The molecule has 1 aliphatic rings. The Hall–Kier alpha value is -2.07. The van der Waals surface area contributed by atoms with Gasteiger partial charge in [0.2, 0.25) is 0 Å². The summed E-state index contributed by atoms with van der Waals surface area (Å²) in [5, 5.41) is 9.74. The van der Waals surface area contributed by atoms with Crippen molar-refractivity contribution < 1.29 is 5.11 Å². The normalized spacial score (nSPS) is 14.3. The molecule has 0 saturated carbocycles. The zero-order valence-corrected chi connectivity index (χ0v) is 12.8. The highest BCUT2D eigenvalue weighted by atomic mass is 16.3. The maximum Gasteiger partial charge on any atom is 0.139 e. The highest BCUT2D eigenvalue weighted by molar-refractivity contribution is 5.79. The third kappa shape index (κ3) is 2.36. The zero-order valence-electron chi connectivity index (χ0n) is 12.8. The lowest BCUT2D eigenvalue weighted by molar-refractivity contribution is 0.281. The average molecular weight is 283 g/mol. The van der Waals surface area contributed by atoms with Crippen LogP contribution >= 0.6 is 0 Å². The van der Waals surface area contributed by atoms with E-state index in [1.54, 1.807) is 0 Å². The van der Waals surface area contributed by atoms with Gasteiger partial charge in [-0.2, -0.15) is 0 Å². The number of aliphatic hydroxyl groups is 1. The first-order chi connectivity index (χ1) is 10.1. The summed E-state index contributed by atoms with van der Waals surface area (Å²) in [4.78, 5) is 9.18. The number of nitrogens with zero attached hydrogens (tertiary/aromatic N) is 3. The van der Waals surface area contributed by atoms with Crippen molar-refractivity contribution in [3.8, 4) is 0 Å². The van der Waals surface area contributed by atoms with Gasteiger partial charge in [-0.3, -0.25) is 0 Å². The number of benzene rings is 1. The standard InChI is InChI=1S/C17H21N3O/c1-12-10-13(2)18-17(14(12)11-21)20-9-8-19(3)15-6-4-5-7-16(15)20/h4-7,10,21H,8-9,11H2,1-3H3. The monoisotopic (exact) mass is 283 g/mol. The van der Waals surface area contributed by atoms with E-state index in [1.165, 1.54) is 5.69 Å². The number of para-hydroxylation sites is 2. The first-order valence-corrected chi connectivity index (χ1v) is 7.27. The van der Waals surface area contributed by atoms with Crippen LogP contribution in [0.1, 0.15) is 16.8 Å². The second-order valence-electron chi connectivity index (χ2n) is 5.60. The number of aromatic nitrogens is 1. The summed E-state index contributed by atoms with van der Waals surface area (Å²) in [6.07, 6.45) is 0. The van der Waals surface area contributed by atoms with Crippen molar-refractivity contribution in [3.63, 3.8) is 0 Å². The zero-order chi connectivity index (χ0) is 15.0. The van der Waals surface area contributed by atoms with Crippen LogP contribution in [0.3, 0.4) is 0 Å². The average Bonchev–Trinajstić information content (AvgIpc) is 2.47. The predicted molar refractivity (Wildman–Crippen MR) is 86.4 cm³/mol. The Morgan fingerprint density at radius 3 is 2.57 bits per heavy atom. The van der Waals surface area contributed by atoms with Crippen LogP contribution in [0, 0.1) is 13.8 Å². The van der Waals surface area contributed by atoms with Gasteiger partial charge in [-0.05, 0) is 37.6 Å². The molecular weight excluding hydrogens is 262 g/mol. The van der Waals surface area contributed by atoms with Gasteiger partial charge >= 0.3 is 0 Å². The van der Waals surface area contributed by atoms with Gasteiger partial charge < -0.3 is 14.9 Å². The van der Waals surface area contributed by atoms with Crippen LogP contribution in [-0.2, 0) is 6.61 Å². The summed E-state index contributed by atoms with van der Waals surface area (Å²) in [5.74, 6) is 0.885. The van der Waals surface area contributed by atoms with Crippen LogP contribution in [0.25, 0.3) is 0 Å². The molecule has 0 fully saturated rings. The molecule has 2 heterocycles. The second-order valence-corrected chi connectivity index (χ2v) is 5.60. The van der Waals surface area contributed by atoms with Gasteiger partial charge in [0.25, 0.3) is 0 Å². The Morgan fingerprint density at radius 2 is 1.86 bits per heavy atom. The van der Waals surface area contributed by atoms with E-state index >= 15 is 0 Å². The van der Waals surface area contributed by atoms with E-state index in [9.17, 15) is 5.11 Å². The molecule has 0 radical (unpaired) electrons. The highest BCUT2D eigenvalue weighted by Crippen LogP contribution is 2.38. The van der Waals surface area contributed by atoms with Gasteiger partial charge in [0, 0.05) is 31.4 Å². The summed E-state index contributed by atoms with van der Waals surface area (Å²) in [5.41, 5.74) is 5.35. The van der Waals surface area contributed by atoms with Gasteiger partial charge in [-0.1, -0.05) is 12.1 Å². The Labute approximate surface area is 125 Å². The van der Waals surface area contributed by atoms with Crippen molar-refractivity contribution in [2.24, 2.45) is 0 Å². The highest BCUT2D eigenvalue weighted by Gasteiger charge is 2.24. The minimum Gasteiger partial charge on any atom is -0.392 e. The van der Waals surface area contributed by atoms with Crippen molar-refractivity contribution in [2.45, 2.75) is 20.5 Å². The molecule has 110 valence electrons. The molecule has 0 atom stereocenters. The molecule has 0 saturated heterocycles. The van der Waals surface area contributed by atoms with Crippen molar-refractivity contribution in [1.82, 2.24) is 4.98 Å². The van der Waals surface area contributed by atoms with E-state index in [1.807, 2.05) is 26.0 Å². The molecule has 0 bridgehead atoms. The summed E-state index contributed by atoms with van der Waals surface area (Å²) in [7, 11) is 2.11. The number of hydrogen-bond acceptors (Lipinski definition) is 4. The number of fused-ring (bicyclic) bond motifs is 1. The quantitative estimate of drug-likeness (QED) is 0.920. The summed E-state index contributed by atoms with van der Waals surface area (Å²) in [6, 6.07) is 10.4. The van der Waals surface area contributed by atoms with Gasteiger partial charge in [0.1, 0.15) is 5.82 Å². The molecule has 1 aromatic heterocycles. The number of rotatable bonds is 2. The maximum absolute atomic E-state index is 9.74. The number of anilines is 3. The van der Waals surface area contributed by atoms with E-state index < -0.39 is 0 Å². The van der Waals surface area contributed by atoms with E-state index in [2.05, 4.69) is 35.0 Å². The third-order valence-corrected chi connectivity index (χ3v) is 4.11. The lowest BCUT2D eigenvalue weighted by Gasteiger charge is -2.37. The molecule has 1 aliphatic heterocycles. The third-order valence-electron chi connectivity index (χ3n) is 4.11. The van der Waals surface area contributed by atoms with Crippen LogP contribution in [0.15, 0.2) is 30.3 Å². The van der Waals surface area contributed by atoms with Crippen LogP contribution in [0.2, 0.25) is 0 Å². The van der Waals surface area contributed by atoms with Gasteiger partial charge in [-0.25, -0.2) is 4.98 Å².